The summed E-state index contributed by atoms with van der Waals surface area (Å²) in [5.74, 6) is -0.735. The second kappa shape index (κ2) is 11.6. The van der Waals surface area contributed by atoms with Crippen LogP contribution in [0, 0.1) is 6.92 Å². The summed E-state index contributed by atoms with van der Waals surface area (Å²) in [5.41, 5.74) is 2.36. The second-order valence-electron chi connectivity index (χ2n) is 9.27. The Bertz CT molecular complexity index is 1320. The monoisotopic (exact) mass is 509 g/mol. The van der Waals surface area contributed by atoms with Gasteiger partial charge in [0.1, 0.15) is 12.6 Å². The second-order valence-corrected chi connectivity index (χ2v) is 11.2. The van der Waals surface area contributed by atoms with Crippen molar-refractivity contribution in [1.82, 2.24) is 10.2 Å². The van der Waals surface area contributed by atoms with E-state index in [0.29, 0.717) is 5.69 Å². The lowest BCUT2D eigenvalue weighted by Gasteiger charge is -2.32. The minimum absolute atomic E-state index is 0.0421. The van der Waals surface area contributed by atoms with Gasteiger partial charge >= 0.3 is 0 Å². The smallest absolute Gasteiger partial charge is 0.244 e. The predicted octanol–water partition coefficient (Wildman–Crippen LogP) is 4.25. The molecule has 7 nitrogen and oxygen atoms in total. The number of hydrogen-bond acceptors (Lipinski definition) is 4. The van der Waals surface area contributed by atoms with Crippen LogP contribution in [0.1, 0.15) is 38.3 Å². The van der Waals surface area contributed by atoms with Crippen LogP contribution in [0.3, 0.4) is 0 Å². The van der Waals surface area contributed by atoms with Gasteiger partial charge in [-0.1, -0.05) is 73.2 Å². The number of anilines is 1. The van der Waals surface area contributed by atoms with Crippen LogP contribution in [0.5, 0.6) is 0 Å². The van der Waals surface area contributed by atoms with Crippen LogP contribution >= 0.6 is 0 Å². The highest BCUT2D eigenvalue weighted by atomic mass is 32.2. The zero-order valence-electron chi connectivity index (χ0n) is 21.6. The minimum atomic E-state index is -3.80. The van der Waals surface area contributed by atoms with E-state index in [1.807, 2.05) is 75.4 Å². The predicted molar refractivity (Wildman–Crippen MR) is 145 cm³/mol. The van der Waals surface area contributed by atoms with Crippen molar-refractivity contribution in [3.8, 4) is 0 Å². The molecule has 0 fully saturated rings. The molecule has 0 saturated heterocycles. The number of carbonyl (C=O) groups excluding carboxylic acids is 2. The summed E-state index contributed by atoms with van der Waals surface area (Å²) in [6.45, 7) is 7.29. The Balaban J connectivity index is 1.98. The summed E-state index contributed by atoms with van der Waals surface area (Å²) in [6.07, 6.45) is 1.85. The zero-order valence-corrected chi connectivity index (χ0v) is 22.4. The van der Waals surface area contributed by atoms with Crippen molar-refractivity contribution in [1.29, 1.82) is 0 Å². The number of amides is 2. The first kappa shape index (κ1) is 27.2. The van der Waals surface area contributed by atoms with Gasteiger partial charge in [0.15, 0.2) is 0 Å². The van der Waals surface area contributed by atoms with E-state index >= 15 is 0 Å². The molecule has 0 saturated carbocycles. The first-order chi connectivity index (χ1) is 17.0. The van der Waals surface area contributed by atoms with Gasteiger partial charge in [-0.3, -0.25) is 13.9 Å². The number of fused-ring (bicyclic) bond motifs is 1. The molecule has 0 aliphatic heterocycles. The van der Waals surface area contributed by atoms with E-state index in [4.69, 9.17) is 0 Å². The van der Waals surface area contributed by atoms with Crippen molar-refractivity contribution in [2.75, 3.05) is 17.1 Å². The van der Waals surface area contributed by atoms with Gasteiger partial charge in [0.05, 0.1) is 11.9 Å². The van der Waals surface area contributed by atoms with Crippen molar-refractivity contribution in [3.63, 3.8) is 0 Å². The molecule has 36 heavy (non-hydrogen) atoms. The fourth-order valence-corrected chi connectivity index (χ4v) is 4.82. The molecule has 0 heterocycles. The molecule has 1 N–H and O–H groups in total. The van der Waals surface area contributed by atoms with E-state index < -0.39 is 28.5 Å². The molecule has 0 radical (unpaired) electrons. The van der Waals surface area contributed by atoms with E-state index in [1.54, 1.807) is 19.1 Å². The van der Waals surface area contributed by atoms with Gasteiger partial charge in [0.2, 0.25) is 21.8 Å². The third-order valence-electron chi connectivity index (χ3n) is 6.36. The average Bonchev–Trinajstić information content (AvgIpc) is 2.85. The van der Waals surface area contributed by atoms with Gasteiger partial charge in [0.25, 0.3) is 0 Å². The first-order valence-electron chi connectivity index (χ1n) is 12.1. The Labute approximate surface area is 214 Å². The Hall–Kier alpha value is -3.39. The lowest BCUT2D eigenvalue weighted by molar-refractivity contribution is -0.139. The van der Waals surface area contributed by atoms with Crippen molar-refractivity contribution >= 4 is 38.3 Å². The van der Waals surface area contributed by atoms with Crippen molar-refractivity contribution < 1.29 is 18.0 Å². The van der Waals surface area contributed by atoms with Crippen LogP contribution in [0.25, 0.3) is 10.8 Å². The van der Waals surface area contributed by atoms with Gasteiger partial charge in [-0.2, -0.15) is 0 Å². The number of rotatable bonds is 10. The highest BCUT2D eigenvalue weighted by Gasteiger charge is 2.31. The standard InChI is InChI=1S/C28H35N3O4S/c1-6-21(3)29-28(33)22(4)30(18-23-16-14-20(2)15-17-23)27(32)19-31(36(5,34)35)26-13-9-11-24-10-7-8-12-25(24)26/h7-17,21-22H,6,18-19H2,1-5H3,(H,29,33)/t21-,22+/m0/s1. The Morgan fingerprint density at radius 2 is 1.58 bits per heavy atom. The van der Waals surface area contributed by atoms with Crippen LogP contribution in [0.2, 0.25) is 0 Å². The molecule has 192 valence electrons. The molecule has 3 aromatic carbocycles. The van der Waals surface area contributed by atoms with Crippen LogP contribution in [0.4, 0.5) is 5.69 Å². The number of hydrogen-bond donors (Lipinski definition) is 1. The van der Waals surface area contributed by atoms with E-state index in [1.165, 1.54) is 4.90 Å². The van der Waals surface area contributed by atoms with E-state index in [-0.39, 0.29) is 18.5 Å². The summed E-state index contributed by atoms with van der Waals surface area (Å²) in [6, 6.07) is 19.7. The highest BCUT2D eigenvalue weighted by molar-refractivity contribution is 7.92. The molecule has 3 aromatic rings. The fourth-order valence-electron chi connectivity index (χ4n) is 3.96. The summed E-state index contributed by atoms with van der Waals surface area (Å²) < 4.78 is 26.9. The lowest BCUT2D eigenvalue weighted by Crippen LogP contribution is -2.52. The number of benzene rings is 3. The van der Waals surface area contributed by atoms with Crippen LogP contribution in [-0.4, -0.2) is 50.0 Å². The number of sulfonamides is 1. The molecule has 0 unspecified atom stereocenters. The van der Waals surface area contributed by atoms with E-state index in [0.717, 1.165) is 38.9 Å². The number of nitrogens with zero attached hydrogens (tertiary/aromatic N) is 2. The molecule has 8 heteroatoms. The molecule has 3 rings (SSSR count). The lowest BCUT2D eigenvalue weighted by atomic mass is 10.1. The average molecular weight is 510 g/mol. The Morgan fingerprint density at radius 3 is 2.22 bits per heavy atom. The quantitative estimate of drug-likeness (QED) is 0.443. The third-order valence-corrected chi connectivity index (χ3v) is 7.48. The molecule has 0 bridgehead atoms. The van der Waals surface area contributed by atoms with Crippen molar-refractivity contribution in [2.24, 2.45) is 0 Å². The number of carbonyl (C=O) groups is 2. The molecule has 2 amide bonds. The summed E-state index contributed by atoms with van der Waals surface area (Å²) in [7, 11) is -3.80. The van der Waals surface area contributed by atoms with Gasteiger partial charge in [-0.15, -0.1) is 0 Å². The zero-order chi connectivity index (χ0) is 26.5. The first-order valence-corrected chi connectivity index (χ1v) is 14.0. The van der Waals surface area contributed by atoms with Gasteiger partial charge in [-0.05, 0) is 44.2 Å². The maximum atomic E-state index is 13.7. The van der Waals surface area contributed by atoms with Gasteiger partial charge in [-0.25, -0.2) is 8.42 Å². The normalized spacial score (nSPS) is 13.1. The van der Waals surface area contributed by atoms with Crippen molar-refractivity contribution in [2.45, 2.75) is 52.7 Å². The Kier molecular flexibility index (Phi) is 8.74. The molecule has 0 spiro atoms. The maximum Gasteiger partial charge on any atom is 0.244 e. The summed E-state index contributed by atoms with van der Waals surface area (Å²) in [5, 5.41) is 4.53. The molecule has 0 aliphatic carbocycles. The molecule has 2 atom stereocenters. The maximum absolute atomic E-state index is 13.7. The SMILES string of the molecule is CC[C@H](C)NC(=O)[C@@H](C)N(Cc1ccc(C)cc1)C(=O)CN(c1cccc2ccccc12)S(C)(=O)=O. The largest absolute Gasteiger partial charge is 0.352 e. The molecule has 0 aliphatic rings. The molecule has 0 aromatic heterocycles. The third kappa shape index (κ3) is 6.63. The van der Waals surface area contributed by atoms with Crippen molar-refractivity contribution in [3.05, 3.63) is 77.9 Å². The van der Waals surface area contributed by atoms with E-state index in [9.17, 15) is 18.0 Å². The number of aryl methyl sites for hydroxylation is 1. The summed E-state index contributed by atoms with van der Waals surface area (Å²) >= 11 is 0. The van der Waals surface area contributed by atoms with Gasteiger partial charge in [0, 0.05) is 18.0 Å². The van der Waals surface area contributed by atoms with Crippen LogP contribution < -0.4 is 9.62 Å². The molecular formula is C28H35N3O4S. The number of nitrogens with one attached hydrogen (secondary N) is 1. The highest BCUT2D eigenvalue weighted by Crippen LogP contribution is 2.28. The topological polar surface area (TPSA) is 86.8 Å². The fraction of sp³-hybridized carbons (Fsp3) is 0.357. The molecular weight excluding hydrogens is 474 g/mol. The Morgan fingerprint density at radius 1 is 0.944 bits per heavy atom. The minimum Gasteiger partial charge on any atom is -0.352 e. The van der Waals surface area contributed by atoms with Crippen LogP contribution in [0.15, 0.2) is 66.7 Å². The van der Waals surface area contributed by atoms with Gasteiger partial charge < -0.3 is 10.2 Å². The van der Waals surface area contributed by atoms with E-state index in [2.05, 4.69) is 5.32 Å². The van der Waals surface area contributed by atoms with Crippen LogP contribution in [-0.2, 0) is 26.2 Å². The summed E-state index contributed by atoms with van der Waals surface area (Å²) in [4.78, 5) is 28.2.